The molecule has 1 aromatic carbocycles. The lowest BCUT2D eigenvalue weighted by Gasteiger charge is -2.23. The van der Waals surface area contributed by atoms with E-state index in [0.717, 1.165) is 24.3 Å². The lowest BCUT2D eigenvalue weighted by atomic mass is 9.91. The number of fused-ring (bicyclic) bond motifs is 1. The number of anilines is 2. The molecule has 17 heavy (non-hydrogen) atoms. The molecule has 0 fully saturated rings. The van der Waals surface area contributed by atoms with Crippen LogP contribution in [0.2, 0.25) is 0 Å². The van der Waals surface area contributed by atoms with Gasteiger partial charge in [-0.2, -0.15) is 0 Å². The number of amides is 1. The smallest absolute Gasteiger partial charge is 0.227 e. The van der Waals surface area contributed by atoms with Gasteiger partial charge in [0.1, 0.15) is 0 Å². The highest BCUT2D eigenvalue weighted by Gasteiger charge is 2.27. The van der Waals surface area contributed by atoms with Gasteiger partial charge in [-0.3, -0.25) is 4.79 Å². The Kier molecular flexibility index (Phi) is 2.86. The molecule has 3 heteroatoms. The monoisotopic (exact) mass is 232 g/mol. The molecule has 0 aliphatic carbocycles. The molecule has 2 N–H and O–H groups in total. The van der Waals surface area contributed by atoms with Gasteiger partial charge in [-0.05, 0) is 35.6 Å². The van der Waals surface area contributed by atoms with E-state index in [0.29, 0.717) is 6.42 Å². The molecule has 0 unspecified atom stereocenters. The molecule has 2 rings (SSSR count). The van der Waals surface area contributed by atoms with Crippen molar-refractivity contribution in [1.82, 2.24) is 0 Å². The summed E-state index contributed by atoms with van der Waals surface area (Å²) in [5.74, 6) is 0.209. The highest BCUT2D eigenvalue weighted by Crippen LogP contribution is 2.31. The van der Waals surface area contributed by atoms with Crippen LogP contribution in [0, 0.1) is 5.41 Å². The van der Waals surface area contributed by atoms with Gasteiger partial charge in [0.15, 0.2) is 0 Å². The zero-order chi connectivity index (χ0) is 12.6. The zero-order valence-corrected chi connectivity index (χ0v) is 10.8. The SMILES string of the molecule is CC(C)(C)CC(=O)N1CCc2cc(N)ccc21. The molecule has 1 amide bonds. The van der Waals surface area contributed by atoms with Gasteiger partial charge in [0.2, 0.25) is 5.91 Å². The van der Waals surface area contributed by atoms with Crippen LogP contribution in [0.15, 0.2) is 18.2 Å². The van der Waals surface area contributed by atoms with Crippen LogP contribution >= 0.6 is 0 Å². The standard InChI is InChI=1S/C14H20N2O/c1-14(2,3)9-13(17)16-7-6-10-8-11(15)4-5-12(10)16/h4-5,8H,6-7,9,15H2,1-3H3. The van der Waals surface area contributed by atoms with E-state index in [-0.39, 0.29) is 11.3 Å². The highest BCUT2D eigenvalue weighted by atomic mass is 16.2. The normalized spacial score (nSPS) is 14.9. The highest BCUT2D eigenvalue weighted by molar-refractivity contribution is 5.96. The van der Waals surface area contributed by atoms with Gasteiger partial charge < -0.3 is 10.6 Å². The van der Waals surface area contributed by atoms with Crippen molar-refractivity contribution in [2.75, 3.05) is 17.2 Å². The van der Waals surface area contributed by atoms with Crippen LogP contribution in [0.4, 0.5) is 11.4 Å². The summed E-state index contributed by atoms with van der Waals surface area (Å²) in [5.41, 5.74) is 8.78. The number of nitrogen functional groups attached to an aromatic ring is 1. The predicted molar refractivity (Wildman–Crippen MR) is 71.0 cm³/mol. The maximum absolute atomic E-state index is 12.2. The molecule has 0 radical (unpaired) electrons. The van der Waals surface area contributed by atoms with E-state index in [1.54, 1.807) is 0 Å². The Morgan fingerprint density at radius 2 is 2.12 bits per heavy atom. The Balaban J connectivity index is 2.20. The molecule has 1 aliphatic rings. The average molecular weight is 232 g/mol. The first kappa shape index (κ1) is 12.0. The van der Waals surface area contributed by atoms with Crippen molar-refractivity contribution in [3.63, 3.8) is 0 Å². The van der Waals surface area contributed by atoms with Crippen LogP contribution in [0.3, 0.4) is 0 Å². The first-order valence-electron chi connectivity index (χ1n) is 6.05. The summed E-state index contributed by atoms with van der Waals surface area (Å²) in [4.78, 5) is 14.1. The van der Waals surface area contributed by atoms with Crippen molar-refractivity contribution in [3.05, 3.63) is 23.8 Å². The number of carbonyl (C=O) groups excluding carboxylic acids is 1. The summed E-state index contributed by atoms with van der Waals surface area (Å²) >= 11 is 0. The number of rotatable bonds is 1. The summed E-state index contributed by atoms with van der Waals surface area (Å²) in [7, 11) is 0. The fourth-order valence-corrected chi connectivity index (χ4v) is 2.23. The number of carbonyl (C=O) groups is 1. The van der Waals surface area contributed by atoms with E-state index in [4.69, 9.17) is 5.73 Å². The summed E-state index contributed by atoms with van der Waals surface area (Å²) < 4.78 is 0. The summed E-state index contributed by atoms with van der Waals surface area (Å²) in [5, 5.41) is 0. The molecule has 1 heterocycles. The lowest BCUT2D eigenvalue weighted by Crippen LogP contribution is -2.31. The van der Waals surface area contributed by atoms with Crippen LogP contribution in [0.1, 0.15) is 32.8 Å². The number of hydrogen-bond acceptors (Lipinski definition) is 2. The van der Waals surface area contributed by atoms with Gasteiger partial charge in [0.25, 0.3) is 0 Å². The van der Waals surface area contributed by atoms with Crippen LogP contribution in [-0.4, -0.2) is 12.5 Å². The minimum absolute atomic E-state index is 0.0354. The molecule has 0 saturated heterocycles. The second kappa shape index (κ2) is 4.06. The second-order valence-electron chi connectivity index (χ2n) is 5.92. The fourth-order valence-electron chi connectivity index (χ4n) is 2.23. The van der Waals surface area contributed by atoms with Gasteiger partial charge in [-0.25, -0.2) is 0 Å². The van der Waals surface area contributed by atoms with Crippen molar-refractivity contribution < 1.29 is 4.79 Å². The van der Waals surface area contributed by atoms with Gasteiger partial charge in [0.05, 0.1) is 0 Å². The van der Waals surface area contributed by atoms with E-state index < -0.39 is 0 Å². The molecule has 0 bridgehead atoms. The molecule has 1 aromatic rings. The molecular weight excluding hydrogens is 212 g/mol. The Labute approximate surface area is 103 Å². The number of hydrogen-bond donors (Lipinski definition) is 1. The van der Waals surface area contributed by atoms with Gasteiger partial charge >= 0.3 is 0 Å². The third-order valence-electron chi connectivity index (χ3n) is 2.98. The van der Waals surface area contributed by atoms with E-state index in [9.17, 15) is 4.79 Å². The van der Waals surface area contributed by atoms with Crippen molar-refractivity contribution in [3.8, 4) is 0 Å². The maximum atomic E-state index is 12.2. The van der Waals surface area contributed by atoms with Crippen LogP contribution < -0.4 is 10.6 Å². The first-order valence-corrected chi connectivity index (χ1v) is 6.05. The number of nitrogens with zero attached hydrogens (tertiary/aromatic N) is 1. The minimum Gasteiger partial charge on any atom is -0.399 e. The van der Waals surface area contributed by atoms with E-state index in [1.165, 1.54) is 5.56 Å². The Morgan fingerprint density at radius 1 is 1.41 bits per heavy atom. The average Bonchev–Trinajstić information content (AvgIpc) is 2.57. The van der Waals surface area contributed by atoms with Crippen molar-refractivity contribution >= 4 is 17.3 Å². The molecule has 0 spiro atoms. The topological polar surface area (TPSA) is 46.3 Å². The fraction of sp³-hybridized carbons (Fsp3) is 0.500. The lowest BCUT2D eigenvalue weighted by molar-refractivity contribution is -0.120. The minimum atomic E-state index is 0.0354. The maximum Gasteiger partial charge on any atom is 0.227 e. The Morgan fingerprint density at radius 3 is 2.76 bits per heavy atom. The van der Waals surface area contributed by atoms with Crippen LogP contribution in [0.25, 0.3) is 0 Å². The zero-order valence-electron chi connectivity index (χ0n) is 10.8. The quantitative estimate of drug-likeness (QED) is 0.756. The van der Waals surface area contributed by atoms with Gasteiger partial charge in [-0.1, -0.05) is 20.8 Å². The molecule has 3 nitrogen and oxygen atoms in total. The number of nitrogens with two attached hydrogens (primary N) is 1. The third kappa shape index (κ3) is 2.60. The first-order chi connectivity index (χ1) is 7.87. The van der Waals surface area contributed by atoms with E-state index in [2.05, 4.69) is 20.8 Å². The van der Waals surface area contributed by atoms with Gasteiger partial charge in [-0.15, -0.1) is 0 Å². The Bertz CT molecular complexity index is 446. The van der Waals surface area contributed by atoms with Crippen LogP contribution in [-0.2, 0) is 11.2 Å². The molecule has 0 saturated carbocycles. The van der Waals surface area contributed by atoms with E-state index in [1.807, 2.05) is 23.1 Å². The van der Waals surface area contributed by atoms with Crippen molar-refractivity contribution in [2.45, 2.75) is 33.6 Å². The molecule has 92 valence electrons. The molecule has 1 aliphatic heterocycles. The van der Waals surface area contributed by atoms with Gasteiger partial charge in [0, 0.05) is 24.3 Å². The predicted octanol–water partition coefficient (Wildman–Crippen LogP) is 2.59. The van der Waals surface area contributed by atoms with E-state index >= 15 is 0 Å². The third-order valence-corrected chi connectivity index (χ3v) is 2.98. The molecule has 0 atom stereocenters. The van der Waals surface area contributed by atoms with Crippen molar-refractivity contribution in [1.29, 1.82) is 0 Å². The summed E-state index contributed by atoms with van der Waals surface area (Å²) in [6.45, 7) is 7.05. The molecule has 0 aromatic heterocycles. The van der Waals surface area contributed by atoms with Crippen LogP contribution in [0.5, 0.6) is 0 Å². The largest absolute Gasteiger partial charge is 0.399 e. The van der Waals surface area contributed by atoms with Crippen molar-refractivity contribution in [2.24, 2.45) is 5.41 Å². The molecular formula is C14H20N2O. The summed E-state index contributed by atoms with van der Waals surface area (Å²) in [6.07, 6.45) is 1.49. The number of benzene rings is 1. The second-order valence-corrected chi connectivity index (χ2v) is 5.92. The summed E-state index contributed by atoms with van der Waals surface area (Å²) in [6, 6.07) is 5.79. The Hall–Kier alpha value is -1.51.